The Balaban J connectivity index is 2.37. The molecule has 1 heterocycles. The Bertz CT molecular complexity index is 338. The Morgan fingerprint density at radius 2 is 1.80 bits per heavy atom. The summed E-state index contributed by atoms with van der Waals surface area (Å²) in [5.74, 6) is 0. The van der Waals surface area contributed by atoms with Gasteiger partial charge in [-0.2, -0.15) is 0 Å². The zero-order valence-corrected chi connectivity index (χ0v) is 9.95. The molecule has 0 atom stereocenters. The van der Waals surface area contributed by atoms with Crippen LogP contribution in [0.15, 0.2) is 18.2 Å². The first-order valence-corrected chi connectivity index (χ1v) is 5.71. The summed E-state index contributed by atoms with van der Waals surface area (Å²) < 4.78 is 0. The molecule has 1 aromatic rings. The first-order chi connectivity index (χ1) is 7.18. The third-order valence-corrected chi connectivity index (χ3v) is 3.06. The summed E-state index contributed by atoms with van der Waals surface area (Å²) in [4.78, 5) is 4.70. The molecule has 0 spiro atoms. The van der Waals surface area contributed by atoms with E-state index in [0.29, 0.717) is 0 Å². The molecule has 82 valence electrons. The van der Waals surface area contributed by atoms with Crippen molar-refractivity contribution in [2.45, 2.75) is 19.8 Å². The van der Waals surface area contributed by atoms with Gasteiger partial charge in [0.2, 0.25) is 0 Å². The lowest BCUT2D eigenvalue weighted by Gasteiger charge is -2.25. The molecule has 2 rings (SSSR count). The van der Waals surface area contributed by atoms with E-state index < -0.39 is 0 Å². The average Bonchev–Trinajstić information content (AvgIpc) is 2.69. The molecule has 2 heteroatoms. The van der Waals surface area contributed by atoms with Crippen molar-refractivity contribution >= 4 is 11.4 Å². The predicted octanol–water partition coefficient (Wildman–Crippen LogP) is 2.66. The van der Waals surface area contributed by atoms with Crippen molar-refractivity contribution in [1.29, 1.82) is 0 Å². The van der Waals surface area contributed by atoms with E-state index in [0.717, 1.165) is 0 Å². The smallest absolute Gasteiger partial charge is 0.0606 e. The monoisotopic (exact) mass is 204 g/mol. The Morgan fingerprint density at radius 1 is 1.13 bits per heavy atom. The van der Waals surface area contributed by atoms with Gasteiger partial charge >= 0.3 is 0 Å². The van der Waals surface area contributed by atoms with Gasteiger partial charge in [0.25, 0.3) is 0 Å². The van der Waals surface area contributed by atoms with Crippen LogP contribution in [-0.4, -0.2) is 27.2 Å². The summed E-state index contributed by atoms with van der Waals surface area (Å²) in [6, 6.07) is 6.72. The number of anilines is 2. The van der Waals surface area contributed by atoms with Crippen LogP contribution in [0.25, 0.3) is 0 Å². The van der Waals surface area contributed by atoms with E-state index in [-0.39, 0.29) is 0 Å². The van der Waals surface area contributed by atoms with Crippen LogP contribution in [0.2, 0.25) is 0 Å². The summed E-state index contributed by atoms with van der Waals surface area (Å²) in [5.41, 5.74) is 4.09. The van der Waals surface area contributed by atoms with Gasteiger partial charge in [0.15, 0.2) is 0 Å². The largest absolute Gasteiger partial charge is 0.376 e. The summed E-state index contributed by atoms with van der Waals surface area (Å²) in [7, 11) is 4.23. The van der Waals surface area contributed by atoms with Crippen molar-refractivity contribution in [3.63, 3.8) is 0 Å². The van der Waals surface area contributed by atoms with E-state index >= 15 is 0 Å². The van der Waals surface area contributed by atoms with Crippen molar-refractivity contribution in [3.8, 4) is 0 Å². The molecule has 1 aromatic carbocycles. The van der Waals surface area contributed by atoms with Crippen molar-refractivity contribution in [1.82, 2.24) is 0 Å². The second-order valence-corrected chi connectivity index (χ2v) is 4.58. The van der Waals surface area contributed by atoms with Crippen LogP contribution in [0, 0.1) is 6.92 Å². The van der Waals surface area contributed by atoms with Gasteiger partial charge in [-0.05, 0) is 37.5 Å². The molecule has 1 aliphatic rings. The second kappa shape index (κ2) is 4.13. The van der Waals surface area contributed by atoms with Crippen molar-refractivity contribution in [2.75, 3.05) is 37.0 Å². The van der Waals surface area contributed by atoms with Crippen LogP contribution in [0.4, 0.5) is 11.4 Å². The minimum Gasteiger partial charge on any atom is -0.376 e. The maximum atomic E-state index is 2.50. The van der Waals surface area contributed by atoms with Crippen LogP contribution in [0.1, 0.15) is 18.4 Å². The molecule has 0 radical (unpaired) electrons. The second-order valence-electron chi connectivity index (χ2n) is 4.58. The van der Waals surface area contributed by atoms with Gasteiger partial charge in [0, 0.05) is 27.2 Å². The van der Waals surface area contributed by atoms with Crippen molar-refractivity contribution in [3.05, 3.63) is 23.8 Å². The normalized spacial score (nSPS) is 15.8. The fourth-order valence-electron chi connectivity index (χ4n) is 2.22. The Kier molecular flexibility index (Phi) is 2.85. The maximum absolute atomic E-state index is 2.50. The lowest BCUT2D eigenvalue weighted by Crippen LogP contribution is -2.21. The zero-order valence-electron chi connectivity index (χ0n) is 9.95. The quantitative estimate of drug-likeness (QED) is 0.730. The summed E-state index contributed by atoms with van der Waals surface area (Å²) >= 11 is 0. The summed E-state index contributed by atoms with van der Waals surface area (Å²) in [6.07, 6.45) is 2.67. The highest BCUT2D eigenvalue weighted by Crippen LogP contribution is 2.31. The van der Waals surface area contributed by atoms with Gasteiger partial charge in [-0.1, -0.05) is 6.07 Å². The van der Waals surface area contributed by atoms with Gasteiger partial charge in [0.1, 0.15) is 0 Å². The standard InChI is InChI=1S/C13H20N2/c1-11-6-7-12(14(2)3)13(10-11)15-8-4-5-9-15/h6-7,10H,4-5,8-9H2,1-3H3. The number of benzene rings is 1. The van der Waals surface area contributed by atoms with E-state index in [9.17, 15) is 0 Å². The molecular weight excluding hydrogens is 184 g/mol. The molecule has 0 N–H and O–H groups in total. The lowest BCUT2D eigenvalue weighted by atomic mass is 10.1. The Labute approximate surface area is 92.5 Å². The fourth-order valence-corrected chi connectivity index (χ4v) is 2.22. The van der Waals surface area contributed by atoms with E-state index in [4.69, 9.17) is 0 Å². The third kappa shape index (κ3) is 2.09. The Hall–Kier alpha value is -1.18. The van der Waals surface area contributed by atoms with Gasteiger partial charge in [-0.25, -0.2) is 0 Å². The average molecular weight is 204 g/mol. The molecule has 0 aromatic heterocycles. The highest BCUT2D eigenvalue weighted by molar-refractivity contribution is 5.72. The molecule has 0 unspecified atom stereocenters. The number of aryl methyl sites for hydroxylation is 1. The van der Waals surface area contributed by atoms with Crippen LogP contribution >= 0.6 is 0 Å². The molecule has 0 aliphatic carbocycles. The van der Waals surface area contributed by atoms with E-state index in [1.165, 1.54) is 42.9 Å². The number of hydrogen-bond donors (Lipinski definition) is 0. The molecular formula is C13H20N2. The number of hydrogen-bond acceptors (Lipinski definition) is 2. The van der Waals surface area contributed by atoms with Crippen LogP contribution < -0.4 is 9.80 Å². The van der Waals surface area contributed by atoms with Crippen molar-refractivity contribution in [2.24, 2.45) is 0 Å². The van der Waals surface area contributed by atoms with E-state index in [1.54, 1.807) is 0 Å². The van der Waals surface area contributed by atoms with E-state index in [1.807, 2.05) is 0 Å². The molecule has 1 aliphatic heterocycles. The van der Waals surface area contributed by atoms with Crippen LogP contribution in [0.3, 0.4) is 0 Å². The highest BCUT2D eigenvalue weighted by atomic mass is 15.2. The molecule has 0 amide bonds. The van der Waals surface area contributed by atoms with E-state index in [2.05, 4.69) is 49.0 Å². The van der Waals surface area contributed by atoms with Crippen LogP contribution in [0.5, 0.6) is 0 Å². The topological polar surface area (TPSA) is 6.48 Å². The molecule has 1 saturated heterocycles. The summed E-state index contributed by atoms with van der Waals surface area (Å²) in [6.45, 7) is 4.59. The first kappa shape index (κ1) is 10.3. The fraction of sp³-hybridized carbons (Fsp3) is 0.538. The number of rotatable bonds is 2. The minimum absolute atomic E-state index is 1.21. The molecule has 1 fully saturated rings. The number of nitrogens with zero attached hydrogens (tertiary/aromatic N) is 2. The molecule has 0 bridgehead atoms. The predicted molar refractivity (Wildman–Crippen MR) is 67.0 cm³/mol. The molecule has 0 saturated carbocycles. The van der Waals surface area contributed by atoms with Gasteiger partial charge in [0.05, 0.1) is 11.4 Å². The Morgan fingerprint density at radius 3 is 2.40 bits per heavy atom. The van der Waals surface area contributed by atoms with Crippen LogP contribution in [-0.2, 0) is 0 Å². The van der Waals surface area contributed by atoms with Gasteiger partial charge in [-0.3, -0.25) is 0 Å². The first-order valence-electron chi connectivity index (χ1n) is 5.71. The summed E-state index contributed by atoms with van der Waals surface area (Å²) in [5, 5.41) is 0. The zero-order chi connectivity index (χ0) is 10.8. The van der Waals surface area contributed by atoms with Gasteiger partial charge in [-0.15, -0.1) is 0 Å². The van der Waals surface area contributed by atoms with Crippen molar-refractivity contribution < 1.29 is 0 Å². The SMILES string of the molecule is Cc1ccc(N(C)C)c(N2CCCC2)c1. The van der Waals surface area contributed by atoms with Gasteiger partial charge < -0.3 is 9.80 Å². The maximum Gasteiger partial charge on any atom is 0.0606 e. The molecule has 15 heavy (non-hydrogen) atoms. The molecule has 2 nitrogen and oxygen atoms in total. The minimum atomic E-state index is 1.21. The third-order valence-electron chi connectivity index (χ3n) is 3.06. The lowest BCUT2D eigenvalue weighted by molar-refractivity contribution is 0.949. The highest BCUT2D eigenvalue weighted by Gasteiger charge is 2.16.